The minimum atomic E-state index is 0.314. The van der Waals surface area contributed by atoms with Crippen molar-refractivity contribution in [3.8, 4) is 0 Å². The first-order chi connectivity index (χ1) is 9.26. The van der Waals surface area contributed by atoms with E-state index in [1.54, 1.807) is 0 Å². The highest BCUT2D eigenvalue weighted by molar-refractivity contribution is 5.86. The number of ether oxygens (including phenoxy) is 1. The third-order valence-electron chi connectivity index (χ3n) is 3.77. The average Bonchev–Trinajstić information content (AvgIpc) is 2.46. The van der Waals surface area contributed by atoms with E-state index in [0.717, 1.165) is 42.3 Å². The number of carbonyl (C=O) groups excluding carboxylic acids is 1. The number of aldehydes is 1. The molecule has 1 fully saturated rings. The maximum absolute atomic E-state index is 10.8. The molecule has 0 spiro atoms. The van der Waals surface area contributed by atoms with Gasteiger partial charge < -0.3 is 4.74 Å². The van der Waals surface area contributed by atoms with Crippen LogP contribution in [0, 0.1) is 0 Å². The zero-order valence-corrected chi connectivity index (χ0v) is 11.0. The van der Waals surface area contributed by atoms with Crippen molar-refractivity contribution in [2.24, 2.45) is 0 Å². The van der Waals surface area contributed by atoms with Crippen LogP contribution in [0.25, 0.3) is 10.9 Å². The number of fused-ring (bicyclic) bond motifs is 1. The van der Waals surface area contributed by atoms with E-state index < -0.39 is 0 Å². The average molecular weight is 255 g/mol. The fourth-order valence-corrected chi connectivity index (χ4v) is 2.73. The van der Waals surface area contributed by atoms with Crippen LogP contribution in [0.15, 0.2) is 30.3 Å². The SMILES string of the molecule is C[C@@H]1CC(c2ccc3cc(C=O)ccc3n2)CCO1. The highest BCUT2D eigenvalue weighted by atomic mass is 16.5. The lowest BCUT2D eigenvalue weighted by molar-refractivity contribution is 0.0180. The Morgan fingerprint density at radius 3 is 3.00 bits per heavy atom. The molecule has 1 aliphatic rings. The maximum Gasteiger partial charge on any atom is 0.150 e. The number of nitrogens with zero attached hydrogens (tertiary/aromatic N) is 1. The van der Waals surface area contributed by atoms with Crippen LogP contribution >= 0.6 is 0 Å². The maximum atomic E-state index is 10.8. The van der Waals surface area contributed by atoms with Crippen LogP contribution in [0.3, 0.4) is 0 Å². The standard InChI is InChI=1S/C16H17NO2/c1-11-8-14(6-7-19-11)16-5-3-13-9-12(10-18)2-4-15(13)17-16/h2-5,9-11,14H,6-8H2,1H3/t11-,14?/m1/s1. The van der Waals surface area contributed by atoms with Crippen LogP contribution in [0.2, 0.25) is 0 Å². The predicted octanol–water partition coefficient (Wildman–Crippen LogP) is 3.33. The summed E-state index contributed by atoms with van der Waals surface area (Å²) in [5.74, 6) is 0.485. The van der Waals surface area contributed by atoms with Gasteiger partial charge in [-0.05, 0) is 44.0 Å². The molecule has 3 nitrogen and oxygen atoms in total. The summed E-state index contributed by atoms with van der Waals surface area (Å²) in [6, 6.07) is 9.76. The number of rotatable bonds is 2. The van der Waals surface area contributed by atoms with Gasteiger partial charge in [-0.1, -0.05) is 6.07 Å². The summed E-state index contributed by atoms with van der Waals surface area (Å²) in [7, 11) is 0. The number of hydrogen-bond donors (Lipinski definition) is 0. The van der Waals surface area contributed by atoms with Gasteiger partial charge in [-0.2, -0.15) is 0 Å². The highest BCUT2D eigenvalue weighted by Gasteiger charge is 2.21. The fraction of sp³-hybridized carbons (Fsp3) is 0.375. The monoisotopic (exact) mass is 255 g/mol. The van der Waals surface area contributed by atoms with Gasteiger partial charge in [0.05, 0.1) is 11.6 Å². The summed E-state index contributed by atoms with van der Waals surface area (Å²) in [5, 5.41) is 1.02. The van der Waals surface area contributed by atoms with E-state index >= 15 is 0 Å². The summed E-state index contributed by atoms with van der Waals surface area (Å²) in [6.07, 6.45) is 3.25. The lowest BCUT2D eigenvalue weighted by Gasteiger charge is -2.26. The van der Waals surface area contributed by atoms with Gasteiger partial charge in [0.15, 0.2) is 0 Å². The quantitative estimate of drug-likeness (QED) is 0.773. The number of hydrogen-bond acceptors (Lipinski definition) is 3. The lowest BCUT2D eigenvalue weighted by atomic mass is 9.92. The van der Waals surface area contributed by atoms with Gasteiger partial charge in [0.2, 0.25) is 0 Å². The molecule has 1 aromatic carbocycles. The Labute approximate surface area is 112 Å². The van der Waals surface area contributed by atoms with Gasteiger partial charge in [0.1, 0.15) is 6.29 Å². The number of carbonyl (C=O) groups is 1. The fourth-order valence-electron chi connectivity index (χ4n) is 2.73. The molecule has 0 aliphatic carbocycles. The highest BCUT2D eigenvalue weighted by Crippen LogP contribution is 2.29. The largest absolute Gasteiger partial charge is 0.378 e. The molecule has 0 N–H and O–H groups in total. The van der Waals surface area contributed by atoms with Crippen molar-refractivity contribution in [2.45, 2.75) is 31.8 Å². The van der Waals surface area contributed by atoms with Gasteiger partial charge in [-0.15, -0.1) is 0 Å². The molecule has 1 aliphatic heterocycles. The van der Waals surface area contributed by atoms with Crippen molar-refractivity contribution in [3.05, 3.63) is 41.6 Å². The second-order valence-electron chi connectivity index (χ2n) is 5.21. The smallest absolute Gasteiger partial charge is 0.150 e. The van der Waals surface area contributed by atoms with Gasteiger partial charge in [-0.3, -0.25) is 9.78 Å². The third-order valence-corrected chi connectivity index (χ3v) is 3.77. The van der Waals surface area contributed by atoms with Crippen molar-refractivity contribution in [1.82, 2.24) is 4.98 Å². The van der Waals surface area contributed by atoms with Crippen LogP contribution < -0.4 is 0 Å². The Morgan fingerprint density at radius 1 is 1.32 bits per heavy atom. The van der Waals surface area contributed by atoms with Crippen LogP contribution in [0.1, 0.15) is 41.7 Å². The van der Waals surface area contributed by atoms with E-state index in [-0.39, 0.29) is 0 Å². The summed E-state index contributed by atoms with van der Waals surface area (Å²) in [5.41, 5.74) is 2.80. The minimum absolute atomic E-state index is 0.314. The van der Waals surface area contributed by atoms with E-state index in [1.807, 2.05) is 18.2 Å². The van der Waals surface area contributed by atoms with Gasteiger partial charge in [0, 0.05) is 29.2 Å². The molecule has 98 valence electrons. The van der Waals surface area contributed by atoms with Gasteiger partial charge in [-0.25, -0.2) is 0 Å². The first kappa shape index (κ1) is 12.3. The van der Waals surface area contributed by atoms with Crippen LogP contribution in [-0.2, 0) is 4.74 Å². The second-order valence-corrected chi connectivity index (χ2v) is 5.21. The van der Waals surface area contributed by atoms with Crippen LogP contribution in [0.4, 0.5) is 0 Å². The summed E-state index contributed by atoms with van der Waals surface area (Å²) >= 11 is 0. The summed E-state index contributed by atoms with van der Waals surface area (Å²) in [4.78, 5) is 15.5. The first-order valence-corrected chi connectivity index (χ1v) is 6.74. The van der Waals surface area contributed by atoms with Crippen molar-refractivity contribution in [2.75, 3.05) is 6.61 Å². The predicted molar refractivity (Wildman–Crippen MR) is 74.5 cm³/mol. The molecule has 2 heterocycles. The number of aromatic nitrogens is 1. The van der Waals surface area contributed by atoms with Crippen molar-refractivity contribution in [1.29, 1.82) is 0 Å². The summed E-state index contributed by atoms with van der Waals surface area (Å²) < 4.78 is 5.58. The van der Waals surface area contributed by atoms with Crippen LogP contribution in [0.5, 0.6) is 0 Å². The molecule has 2 atom stereocenters. The second kappa shape index (κ2) is 5.10. The van der Waals surface area contributed by atoms with E-state index in [0.29, 0.717) is 17.6 Å². The molecule has 2 aromatic rings. The van der Waals surface area contributed by atoms with Gasteiger partial charge in [0.25, 0.3) is 0 Å². The number of benzene rings is 1. The van der Waals surface area contributed by atoms with E-state index in [2.05, 4.69) is 19.1 Å². The minimum Gasteiger partial charge on any atom is -0.378 e. The molecule has 0 bridgehead atoms. The zero-order valence-electron chi connectivity index (χ0n) is 11.0. The summed E-state index contributed by atoms with van der Waals surface area (Å²) in [6.45, 7) is 2.93. The van der Waals surface area contributed by atoms with Gasteiger partial charge >= 0.3 is 0 Å². The van der Waals surface area contributed by atoms with Crippen molar-refractivity contribution < 1.29 is 9.53 Å². The van der Waals surface area contributed by atoms with Crippen molar-refractivity contribution >= 4 is 17.2 Å². The van der Waals surface area contributed by atoms with E-state index in [9.17, 15) is 4.79 Å². The molecule has 0 saturated carbocycles. The Hall–Kier alpha value is -1.74. The Kier molecular flexibility index (Phi) is 3.30. The topological polar surface area (TPSA) is 39.2 Å². The Morgan fingerprint density at radius 2 is 2.21 bits per heavy atom. The number of pyridine rings is 1. The van der Waals surface area contributed by atoms with E-state index in [4.69, 9.17) is 9.72 Å². The molecule has 1 aromatic heterocycles. The third kappa shape index (κ3) is 2.51. The Balaban J connectivity index is 1.95. The molecule has 19 heavy (non-hydrogen) atoms. The first-order valence-electron chi connectivity index (χ1n) is 6.74. The molecule has 3 heteroatoms. The zero-order chi connectivity index (χ0) is 13.2. The lowest BCUT2D eigenvalue weighted by Crippen LogP contribution is -2.22. The molecular formula is C16H17NO2. The Bertz CT molecular complexity index is 609. The normalized spacial score (nSPS) is 23.4. The molecule has 3 rings (SSSR count). The van der Waals surface area contributed by atoms with E-state index in [1.165, 1.54) is 0 Å². The molecule has 1 unspecified atom stereocenters. The molecule has 0 radical (unpaired) electrons. The van der Waals surface area contributed by atoms with Crippen molar-refractivity contribution in [3.63, 3.8) is 0 Å². The molecule has 1 saturated heterocycles. The molecule has 0 amide bonds. The van der Waals surface area contributed by atoms with Crippen LogP contribution in [-0.4, -0.2) is 24.0 Å². The molecular weight excluding hydrogens is 238 g/mol.